The minimum atomic E-state index is -6.13. The quantitative estimate of drug-likeness (QED) is 0.0526. The maximum Gasteiger partial charge on any atom is 0.501 e. The van der Waals surface area contributed by atoms with Gasteiger partial charge in [0.2, 0.25) is 11.8 Å². The molecule has 3 aliphatic heterocycles. The van der Waals surface area contributed by atoms with Gasteiger partial charge in [-0.1, -0.05) is 67.4 Å². The molecule has 4 aliphatic rings. The number of pyridine rings is 1. The van der Waals surface area contributed by atoms with Gasteiger partial charge in [-0.05, 0) is 127 Å². The molecule has 5 aromatic rings. The van der Waals surface area contributed by atoms with Gasteiger partial charge >= 0.3 is 5.51 Å². The van der Waals surface area contributed by atoms with E-state index in [1.807, 2.05) is 59.3 Å². The Kier molecular flexibility index (Phi) is 18.5. The van der Waals surface area contributed by atoms with E-state index >= 15 is 0 Å². The molecule has 1 unspecified atom stereocenters. The molecule has 426 valence electrons. The lowest BCUT2D eigenvalue weighted by atomic mass is 9.73. The van der Waals surface area contributed by atoms with Crippen molar-refractivity contribution in [2.24, 2.45) is 5.41 Å². The number of carbonyl (C=O) groups is 3. The number of piperidine rings is 1. The molecule has 1 aromatic heterocycles. The Hall–Kier alpha value is -5.81. The number of amides is 3. The number of hydrogen-bond donors (Lipinski definition) is 3. The fourth-order valence-electron chi connectivity index (χ4n) is 10.9. The highest BCUT2D eigenvalue weighted by Crippen LogP contribution is 2.43. The van der Waals surface area contributed by atoms with Crippen molar-refractivity contribution >= 4 is 77.9 Å². The van der Waals surface area contributed by atoms with Crippen molar-refractivity contribution in [3.8, 4) is 0 Å². The van der Waals surface area contributed by atoms with Crippen LogP contribution in [0.5, 0.6) is 0 Å². The second-order valence-electron chi connectivity index (χ2n) is 21.7. The number of carbonyl (C=O) groups excluding carboxylic acids is 3. The Morgan fingerprint density at radius 3 is 2.19 bits per heavy atom. The Morgan fingerprint density at radius 2 is 1.50 bits per heavy atom. The van der Waals surface area contributed by atoms with Gasteiger partial charge in [0.1, 0.15) is 4.90 Å². The number of sulfonamides is 1. The number of nitrogens with zero attached hydrogens (tertiary/aromatic N) is 5. The van der Waals surface area contributed by atoms with E-state index in [1.165, 1.54) is 40.6 Å². The van der Waals surface area contributed by atoms with Crippen LogP contribution >= 0.6 is 23.4 Å². The number of hydrogen-bond acceptors (Lipinski definition) is 14. The van der Waals surface area contributed by atoms with E-state index in [4.69, 9.17) is 11.6 Å². The molecule has 9 rings (SSSR count). The van der Waals surface area contributed by atoms with E-state index < -0.39 is 58.7 Å². The highest BCUT2D eigenvalue weighted by atomic mass is 35.5. The molecule has 4 aromatic carbocycles. The number of alkyl halides is 3. The highest BCUT2D eigenvalue weighted by Gasteiger charge is 2.48. The van der Waals surface area contributed by atoms with E-state index in [1.54, 1.807) is 18.3 Å². The predicted octanol–water partition coefficient (Wildman–Crippen LogP) is 9.23. The number of imide groups is 1. The summed E-state index contributed by atoms with van der Waals surface area (Å²) < 4.78 is 99.6. The highest BCUT2D eigenvalue weighted by molar-refractivity contribution is 7.99. The predicted molar refractivity (Wildman–Crippen MR) is 306 cm³/mol. The fourth-order valence-corrected chi connectivity index (χ4v) is 14.1. The van der Waals surface area contributed by atoms with Crippen molar-refractivity contribution in [2.45, 2.75) is 91.1 Å². The average Bonchev–Trinajstić information content (AvgIpc) is 3.52. The van der Waals surface area contributed by atoms with Crippen LogP contribution in [0.15, 0.2) is 136 Å². The molecule has 1 aliphatic carbocycles. The van der Waals surface area contributed by atoms with E-state index in [0.29, 0.717) is 74.6 Å². The summed E-state index contributed by atoms with van der Waals surface area (Å²) in [5, 5.41) is 6.16. The molecule has 0 spiro atoms. The standard InChI is InChI=1S/C58H66ClF3N8O7S3/c1-57(2)24-22-49(40-10-14-44(59)15-11-40)43(36-57)38-69-31-33-70(34-32-69)46-16-12-41(13-17-46)55(72)66-80(76,77)48-18-20-51(52(35-48)79(74,75)58(60,61)62)64-45(39-78-47-8-4-3-5-9-47)23-26-67-27-29-68(30-28-67)37-42-7-6-25-63-54(42)50-19-21-53(71)65-56(50)73/h3-18,20,25,35,45,50,64H,19,21-24,26-34,36-39H2,1-2H3,(H,66,72)(H,65,71,73)/t45-,50?/m1/s1. The van der Waals surface area contributed by atoms with Crippen LogP contribution in [0, 0.1) is 5.41 Å². The zero-order chi connectivity index (χ0) is 56.8. The van der Waals surface area contributed by atoms with Crippen LogP contribution in [0.2, 0.25) is 5.02 Å². The molecular weight excluding hydrogens is 1110 g/mol. The molecule has 3 amide bonds. The average molecular weight is 1180 g/mol. The number of thioether (sulfide) groups is 1. The first-order valence-electron chi connectivity index (χ1n) is 26.8. The summed E-state index contributed by atoms with van der Waals surface area (Å²) >= 11 is 7.64. The first kappa shape index (κ1) is 58.8. The SMILES string of the molecule is CC1(C)CCC(c2ccc(Cl)cc2)=C(CN2CCN(c3ccc(C(=O)NS(=O)(=O)c4ccc(N[C@H](CCN5CCN(Cc6cccnc6C6CCC(=O)NC6=O)CC5)CSc5ccccc5)c(S(=O)(=O)C(F)(F)F)c4)cc3)CC2)C1. The van der Waals surface area contributed by atoms with Crippen LogP contribution in [0.4, 0.5) is 24.5 Å². The second-order valence-corrected chi connectivity index (χ2v) is 26.8. The number of nitrogens with one attached hydrogen (secondary N) is 3. The number of aromatic nitrogens is 1. The third kappa shape index (κ3) is 14.6. The van der Waals surface area contributed by atoms with Gasteiger partial charge in [0.25, 0.3) is 25.8 Å². The lowest BCUT2D eigenvalue weighted by molar-refractivity contribution is -0.134. The van der Waals surface area contributed by atoms with Gasteiger partial charge in [-0.2, -0.15) is 13.2 Å². The number of piperazine rings is 2. The van der Waals surface area contributed by atoms with Gasteiger partial charge in [0, 0.05) is 118 Å². The van der Waals surface area contributed by atoms with E-state index in [0.717, 1.165) is 80.3 Å². The third-order valence-electron chi connectivity index (χ3n) is 15.4. The summed E-state index contributed by atoms with van der Waals surface area (Å²) in [4.78, 5) is 50.4. The number of benzene rings is 4. The molecule has 3 N–H and O–H groups in total. The van der Waals surface area contributed by atoms with Crippen molar-refractivity contribution in [1.29, 1.82) is 0 Å². The number of sulfone groups is 1. The van der Waals surface area contributed by atoms with E-state index in [2.05, 4.69) is 61.2 Å². The smallest absolute Gasteiger partial charge is 0.380 e. The molecule has 3 fully saturated rings. The minimum absolute atomic E-state index is 0.0217. The summed E-state index contributed by atoms with van der Waals surface area (Å²) in [5.74, 6) is -1.91. The lowest BCUT2D eigenvalue weighted by Gasteiger charge is -2.39. The molecule has 15 nitrogen and oxygen atoms in total. The Bertz CT molecular complexity index is 3300. The molecule has 22 heteroatoms. The van der Waals surface area contributed by atoms with Crippen molar-refractivity contribution in [2.75, 3.05) is 81.4 Å². The van der Waals surface area contributed by atoms with Crippen molar-refractivity contribution in [3.63, 3.8) is 0 Å². The largest absolute Gasteiger partial charge is 0.501 e. The number of allylic oxidation sites excluding steroid dienone is 1. The molecule has 0 bridgehead atoms. The molecule has 0 saturated carbocycles. The van der Waals surface area contributed by atoms with Gasteiger partial charge in [0.15, 0.2) is 0 Å². The lowest BCUT2D eigenvalue weighted by Crippen LogP contribution is -2.47. The van der Waals surface area contributed by atoms with Crippen molar-refractivity contribution in [3.05, 3.63) is 148 Å². The normalized spacial score (nSPS) is 19.4. The van der Waals surface area contributed by atoms with Crippen LogP contribution < -0.4 is 20.3 Å². The molecule has 0 radical (unpaired) electrons. The monoisotopic (exact) mass is 1170 g/mol. The number of halogens is 4. The summed E-state index contributed by atoms with van der Waals surface area (Å²) in [7, 11) is -11.0. The zero-order valence-corrected chi connectivity index (χ0v) is 47.9. The molecule has 4 heterocycles. The van der Waals surface area contributed by atoms with E-state index in [-0.39, 0.29) is 29.2 Å². The van der Waals surface area contributed by atoms with Crippen LogP contribution in [-0.4, -0.2) is 137 Å². The summed E-state index contributed by atoms with van der Waals surface area (Å²) in [6.07, 6.45) is 5.75. The Morgan fingerprint density at radius 1 is 0.825 bits per heavy atom. The summed E-state index contributed by atoms with van der Waals surface area (Å²) in [6, 6.07) is 29.3. The molecule has 80 heavy (non-hydrogen) atoms. The number of rotatable bonds is 19. The van der Waals surface area contributed by atoms with Gasteiger partial charge in [-0.25, -0.2) is 21.6 Å². The first-order valence-corrected chi connectivity index (χ1v) is 31.2. The maximum absolute atomic E-state index is 14.5. The fraction of sp³-hybridized carbons (Fsp3) is 0.414. The van der Waals surface area contributed by atoms with Crippen molar-refractivity contribution < 1.29 is 44.4 Å². The maximum atomic E-state index is 14.5. The third-order valence-corrected chi connectivity index (χ3v) is 19.7. The molecular formula is C58H66ClF3N8O7S3. The summed E-state index contributed by atoms with van der Waals surface area (Å²) in [5.41, 5.74) is 0.357. The van der Waals surface area contributed by atoms with Crippen LogP contribution in [-0.2, 0) is 36.0 Å². The minimum Gasteiger partial charge on any atom is -0.380 e. The zero-order valence-electron chi connectivity index (χ0n) is 44.7. The first-order chi connectivity index (χ1) is 38.1. The van der Waals surface area contributed by atoms with Crippen molar-refractivity contribution in [1.82, 2.24) is 29.7 Å². The second kappa shape index (κ2) is 25.1. The van der Waals surface area contributed by atoms with Crippen LogP contribution in [0.3, 0.4) is 0 Å². The molecule has 2 atom stereocenters. The number of anilines is 2. The van der Waals surface area contributed by atoms with Crippen LogP contribution in [0.1, 0.15) is 85.5 Å². The van der Waals surface area contributed by atoms with E-state index in [9.17, 15) is 44.4 Å². The van der Waals surface area contributed by atoms with Crippen LogP contribution in [0.25, 0.3) is 5.57 Å². The van der Waals surface area contributed by atoms with Gasteiger partial charge in [-0.3, -0.25) is 34.5 Å². The Balaban J connectivity index is 0.839. The topological polar surface area (TPSA) is 181 Å². The Labute approximate surface area is 475 Å². The molecule has 3 saturated heterocycles. The van der Waals surface area contributed by atoms with Gasteiger partial charge in [0.05, 0.1) is 22.2 Å². The van der Waals surface area contributed by atoms with Gasteiger partial charge in [-0.15, -0.1) is 11.8 Å². The summed E-state index contributed by atoms with van der Waals surface area (Å²) in [6.45, 7) is 12.2. The van der Waals surface area contributed by atoms with Gasteiger partial charge < -0.3 is 15.1 Å².